The molecule has 0 aromatic heterocycles. The smallest absolute Gasteiger partial charge is 0.408 e. The van der Waals surface area contributed by atoms with Gasteiger partial charge >= 0.3 is 12.1 Å². The standard InChI is InChI=1S/C26H41N3O6/c1-25(2,3)34-23(31)21(27-24(32)35-26(4,5)6)15-18-7-9-19(10-8-18)29-13-12-28(16-22(29)30)20-11-14-33-17-20/h7-10,20-22,30H,11-17H2,1-6H3,(H,27,32)/t20-,21-,22-/m0/s1. The number of aliphatic hydroxyl groups is 1. The number of piperazine rings is 1. The van der Waals surface area contributed by atoms with E-state index in [1.165, 1.54) is 0 Å². The Kier molecular flexibility index (Phi) is 8.67. The highest BCUT2D eigenvalue weighted by atomic mass is 16.6. The van der Waals surface area contributed by atoms with E-state index in [1.807, 2.05) is 29.2 Å². The Bertz CT molecular complexity index is 855. The fourth-order valence-corrected chi connectivity index (χ4v) is 4.30. The maximum atomic E-state index is 12.8. The maximum absolute atomic E-state index is 12.8. The van der Waals surface area contributed by atoms with Gasteiger partial charge in [-0.3, -0.25) is 4.90 Å². The first-order valence-electron chi connectivity index (χ1n) is 12.4. The van der Waals surface area contributed by atoms with E-state index in [0.29, 0.717) is 12.6 Å². The van der Waals surface area contributed by atoms with Gasteiger partial charge in [0.1, 0.15) is 23.5 Å². The first kappa shape index (κ1) is 27.2. The van der Waals surface area contributed by atoms with Gasteiger partial charge in [-0.05, 0) is 65.7 Å². The minimum Gasteiger partial charge on any atom is -0.458 e. The van der Waals surface area contributed by atoms with Crippen molar-refractivity contribution < 1.29 is 28.9 Å². The molecular formula is C26H41N3O6. The molecule has 9 nitrogen and oxygen atoms in total. The molecular weight excluding hydrogens is 450 g/mol. The zero-order valence-electron chi connectivity index (χ0n) is 21.9. The van der Waals surface area contributed by atoms with Gasteiger partial charge in [-0.2, -0.15) is 0 Å². The predicted octanol–water partition coefficient (Wildman–Crippen LogP) is 2.69. The highest BCUT2D eigenvalue weighted by molar-refractivity contribution is 5.82. The van der Waals surface area contributed by atoms with E-state index in [9.17, 15) is 14.7 Å². The van der Waals surface area contributed by atoms with Gasteiger partial charge in [0.25, 0.3) is 0 Å². The molecule has 196 valence electrons. The van der Waals surface area contributed by atoms with Crippen LogP contribution in [0.5, 0.6) is 0 Å². The van der Waals surface area contributed by atoms with Crippen molar-refractivity contribution in [1.82, 2.24) is 10.2 Å². The summed E-state index contributed by atoms with van der Waals surface area (Å²) in [5, 5.41) is 13.4. The minimum absolute atomic E-state index is 0.256. The van der Waals surface area contributed by atoms with Crippen molar-refractivity contribution >= 4 is 17.7 Å². The minimum atomic E-state index is -0.891. The van der Waals surface area contributed by atoms with E-state index in [4.69, 9.17) is 14.2 Å². The number of ether oxygens (including phenoxy) is 3. The molecule has 1 aromatic rings. The van der Waals surface area contributed by atoms with Crippen LogP contribution in [-0.2, 0) is 25.4 Å². The quantitative estimate of drug-likeness (QED) is 0.586. The molecule has 0 spiro atoms. The molecule has 1 aromatic carbocycles. The van der Waals surface area contributed by atoms with Crippen molar-refractivity contribution in [2.75, 3.05) is 37.7 Å². The molecule has 0 unspecified atom stereocenters. The second kappa shape index (κ2) is 11.1. The summed E-state index contributed by atoms with van der Waals surface area (Å²) >= 11 is 0. The van der Waals surface area contributed by atoms with Gasteiger partial charge < -0.3 is 29.5 Å². The third kappa shape index (κ3) is 8.37. The van der Waals surface area contributed by atoms with Crippen molar-refractivity contribution in [3.05, 3.63) is 29.8 Å². The van der Waals surface area contributed by atoms with Gasteiger partial charge in [0, 0.05) is 44.4 Å². The zero-order chi connectivity index (χ0) is 25.8. The second-order valence-electron chi connectivity index (χ2n) is 11.3. The van der Waals surface area contributed by atoms with Gasteiger partial charge in [0.2, 0.25) is 0 Å². The van der Waals surface area contributed by atoms with Gasteiger partial charge in [0.05, 0.1) is 6.61 Å². The molecule has 2 N–H and O–H groups in total. The Hall–Kier alpha value is -2.36. The Morgan fingerprint density at radius 3 is 2.29 bits per heavy atom. The number of esters is 1. The van der Waals surface area contributed by atoms with Crippen LogP contribution >= 0.6 is 0 Å². The number of hydrogen-bond donors (Lipinski definition) is 2. The van der Waals surface area contributed by atoms with E-state index in [1.54, 1.807) is 41.5 Å². The summed E-state index contributed by atoms with van der Waals surface area (Å²) in [6, 6.07) is 7.19. The molecule has 2 fully saturated rings. The number of nitrogens with zero attached hydrogens (tertiary/aromatic N) is 2. The zero-order valence-corrected chi connectivity index (χ0v) is 21.9. The Labute approximate surface area is 208 Å². The second-order valence-corrected chi connectivity index (χ2v) is 11.3. The number of hydrogen-bond acceptors (Lipinski definition) is 8. The fraction of sp³-hybridized carbons (Fsp3) is 0.692. The molecule has 2 aliphatic rings. The van der Waals surface area contributed by atoms with Crippen LogP contribution in [0.25, 0.3) is 0 Å². The average Bonchev–Trinajstić information content (AvgIpc) is 3.26. The number of alkyl carbamates (subject to hydrolysis) is 1. The SMILES string of the molecule is CC(C)(C)OC(=O)N[C@@H](Cc1ccc(N2CCN([C@H]3CCOC3)C[C@@H]2O)cc1)C(=O)OC(C)(C)C. The number of carbonyl (C=O) groups excluding carboxylic acids is 2. The first-order valence-corrected chi connectivity index (χ1v) is 12.4. The van der Waals surface area contributed by atoms with Crippen molar-refractivity contribution in [3.8, 4) is 0 Å². The lowest BCUT2D eigenvalue weighted by molar-refractivity contribution is -0.157. The molecule has 2 aliphatic heterocycles. The summed E-state index contributed by atoms with van der Waals surface area (Å²) in [5.41, 5.74) is 0.409. The maximum Gasteiger partial charge on any atom is 0.408 e. The molecule has 9 heteroatoms. The van der Waals surface area contributed by atoms with Crippen LogP contribution in [-0.4, -0.2) is 84.4 Å². The summed E-state index contributed by atoms with van der Waals surface area (Å²) in [4.78, 5) is 29.5. The van der Waals surface area contributed by atoms with Crippen molar-refractivity contribution in [1.29, 1.82) is 0 Å². The van der Waals surface area contributed by atoms with Gasteiger partial charge in [-0.1, -0.05) is 12.1 Å². The largest absolute Gasteiger partial charge is 0.458 e. The number of rotatable bonds is 6. The van der Waals surface area contributed by atoms with Crippen LogP contribution in [0.15, 0.2) is 24.3 Å². The molecule has 3 rings (SSSR count). The van der Waals surface area contributed by atoms with Gasteiger partial charge in [0.15, 0.2) is 0 Å². The average molecular weight is 492 g/mol. The molecule has 0 aliphatic carbocycles. The Balaban J connectivity index is 1.64. The molecule has 35 heavy (non-hydrogen) atoms. The topological polar surface area (TPSA) is 101 Å². The van der Waals surface area contributed by atoms with Crippen LogP contribution < -0.4 is 10.2 Å². The summed E-state index contributed by atoms with van der Waals surface area (Å²) in [5.74, 6) is -0.519. The van der Waals surface area contributed by atoms with Crippen LogP contribution in [0.2, 0.25) is 0 Å². The summed E-state index contributed by atoms with van der Waals surface area (Å²) in [7, 11) is 0. The molecule has 2 heterocycles. The number of nitrogens with one attached hydrogen (secondary N) is 1. The first-order chi connectivity index (χ1) is 16.3. The monoisotopic (exact) mass is 491 g/mol. The number of amides is 1. The van der Waals surface area contributed by atoms with E-state index in [-0.39, 0.29) is 6.42 Å². The third-order valence-corrected chi connectivity index (χ3v) is 5.90. The summed E-state index contributed by atoms with van der Waals surface area (Å²) in [6.45, 7) is 14.4. The van der Waals surface area contributed by atoms with E-state index >= 15 is 0 Å². The van der Waals surface area contributed by atoms with E-state index in [0.717, 1.165) is 44.0 Å². The van der Waals surface area contributed by atoms with E-state index < -0.39 is 35.5 Å². The number of aliphatic hydroxyl groups excluding tert-OH is 1. The number of carbonyl (C=O) groups is 2. The predicted molar refractivity (Wildman–Crippen MR) is 133 cm³/mol. The normalized spacial score (nSPS) is 22.5. The van der Waals surface area contributed by atoms with E-state index in [2.05, 4.69) is 10.2 Å². The molecule has 3 atom stereocenters. The summed E-state index contributed by atoms with van der Waals surface area (Å²) < 4.78 is 16.4. The molecule has 0 bridgehead atoms. The van der Waals surface area contributed by atoms with Crippen LogP contribution in [0, 0.1) is 0 Å². The van der Waals surface area contributed by atoms with Gasteiger partial charge in [-0.25, -0.2) is 9.59 Å². The third-order valence-electron chi connectivity index (χ3n) is 5.90. The van der Waals surface area contributed by atoms with Gasteiger partial charge in [-0.15, -0.1) is 0 Å². The Morgan fingerprint density at radius 2 is 1.74 bits per heavy atom. The lowest BCUT2D eigenvalue weighted by Crippen LogP contribution is -2.56. The van der Waals surface area contributed by atoms with Crippen molar-refractivity contribution in [2.45, 2.75) is 83.9 Å². The highest BCUT2D eigenvalue weighted by Gasteiger charge is 2.32. The van der Waals surface area contributed by atoms with Crippen LogP contribution in [0.1, 0.15) is 53.5 Å². The number of β-amino-alcohol motifs (C(OH)–C–C–N with tert-alkyl or cyclic N) is 1. The molecule has 0 saturated carbocycles. The summed E-state index contributed by atoms with van der Waals surface area (Å²) in [6.07, 6.45) is 0.00137. The molecule has 1 amide bonds. The number of anilines is 1. The van der Waals surface area contributed by atoms with Crippen LogP contribution in [0.3, 0.4) is 0 Å². The van der Waals surface area contributed by atoms with Crippen molar-refractivity contribution in [2.24, 2.45) is 0 Å². The van der Waals surface area contributed by atoms with Crippen LogP contribution in [0.4, 0.5) is 10.5 Å². The van der Waals surface area contributed by atoms with Crippen molar-refractivity contribution in [3.63, 3.8) is 0 Å². The highest BCUT2D eigenvalue weighted by Crippen LogP contribution is 2.24. The molecule has 2 saturated heterocycles. The lowest BCUT2D eigenvalue weighted by Gasteiger charge is -2.42. The molecule has 0 radical (unpaired) electrons. The Morgan fingerprint density at radius 1 is 1.09 bits per heavy atom. The number of benzene rings is 1. The fourth-order valence-electron chi connectivity index (χ4n) is 4.30. The lowest BCUT2D eigenvalue weighted by atomic mass is 10.0.